The van der Waals surface area contributed by atoms with Crippen LogP contribution in [0.5, 0.6) is 0 Å². The molecule has 0 amide bonds. The molecule has 1 aliphatic heterocycles. The molecule has 4 N–H and O–H groups in total. The van der Waals surface area contributed by atoms with Gasteiger partial charge in [-0.1, -0.05) is 45.4 Å². The van der Waals surface area contributed by atoms with Crippen LogP contribution < -0.4 is 16.4 Å². The molecule has 0 radical (unpaired) electrons. The van der Waals surface area contributed by atoms with Crippen molar-refractivity contribution in [2.45, 2.75) is 64.5 Å². The summed E-state index contributed by atoms with van der Waals surface area (Å²) in [5.41, 5.74) is 11.3. The van der Waals surface area contributed by atoms with Crippen molar-refractivity contribution < 1.29 is 13.2 Å². The minimum absolute atomic E-state index is 0.00492. The quantitative estimate of drug-likeness (QED) is 0.510. The van der Waals surface area contributed by atoms with E-state index in [1.807, 2.05) is 0 Å². The number of anilines is 1. The average Bonchev–Trinajstić information content (AvgIpc) is 2.60. The predicted octanol–water partition coefficient (Wildman–Crippen LogP) is 4.02. The van der Waals surface area contributed by atoms with Crippen molar-refractivity contribution >= 4 is 17.6 Å². The van der Waals surface area contributed by atoms with Gasteiger partial charge in [-0.2, -0.15) is 4.99 Å². The fourth-order valence-corrected chi connectivity index (χ4v) is 3.03. The van der Waals surface area contributed by atoms with Gasteiger partial charge in [-0.25, -0.2) is 18.2 Å². The van der Waals surface area contributed by atoms with E-state index in [4.69, 9.17) is 11.5 Å². The van der Waals surface area contributed by atoms with E-state index in [1.54, 1.807) is 0 Å². The fraction of sp³-hybridized carbons (Fsp3) is 0.556. The zero-order valence-corrected chi connectivity index (χ0v) is 15.0. The summed E-state index contributed by atoms with van der Waals surface area (Å²) in [6.45, 7) is 2.17. The minimum atomic E-state index is -1.55. The lowest BCUT2D eigenvalue weighted by Crippen LogP contribution is -2.49. The second-order valence-corrected chi connectivity index (χ2v) is 6.41. The van der Waals surface area contributed by atoms with Gasteiger partial charge in [0.15, 0.2) is 17.5 Å². The monoisotopic (exact) mass is 369 g/mol. The number of halogens is 3. The molecule has 0 aromatic heterocycles. The Morgan fingerprint density at radius 1 is 0.962 bits per heavy atom. The molecule has 0 fully saturated rings. The molecular formula is C18H26F3N5. The van der Waals surface area contributed by atoms with E-state index in [2.05, 4.69) is 16.9 Å². The van der Waals surface area contributed by atoms with Crippen LogP contribution in [0.15, 0.2) is 22.1 Å². The van der Waals surface area contributed by atoms with Crippen LogP contribution >= 0.6 is 0 Å². The summed E-state index contributed by atoms with van der Waals surface area (Å²) in [7, 11) is 0. The maximum absolute atomic E-state index is 14.2. The summed E-state index contributed by atoms with van der Waals surface area (Å²) in [5.74, 6) is -4.22. The Hall–Kier alpha value is -2.25. The number of unbranched alkanes of at least 4 members (excludes halogenated alkanes) is 6. The smallest absolute Gasteiger partial charge is 0.220 e. The van der Waals surface area contributed by atoms with E-state index < -0.39 is 23.6 Å². The maximum Gasteiger partial charge on any atom is 0.220 e. The van der Waals surface area contributed by atoms with Crippen molar-refractivity contribution in [2.75, 3.05) is 4.90 Å². The summed E-state index contributed by atoms with van der Waals surface area (Å²) >= 11 is 0. The van der Waals surface area contributed by atoms with Crippen molar-refractivity contribution in [3.63, 3.8) is 0 Å². The van der Waals surface area contributed by atoms with Crippen LogP contribution in [0.1, 0.15) is 58.3 Å². The Kier molecular flexibility index (Phi) is 7.29. The van der Waals surface area contributed by atoms with Crippen LogP contribution in [-0.2, 0) is 0 Å². The van der Waals surface area contributed by atoms with E-state index in [1.165, 1.54) is 30.6 Å². The van der Waals surface area contributed by atoms with Gasteiger partial charge in [0, 0.05) is 0 Å². The summed E-state index contributed by atoms with van der Waals surface area (Å²) in [6.07, 6.45) is 7.73. The number of benzene rings is 1. The number of aliphatic imine (C=N–C) groups is 2. The highest BCUT2D eigenvalue weighted by molar-refractivity contribution is 6.04. The Morgan fingerprint density at radius 2 is 1.62 bits per heavy atom. The van der Waals surface area contributed by atoms with Gasteiger partial charge in [-0.3, -0.25) is 4.90 Å². The topological polar surface area (TPSA) is 80.0 Å². The standard InChI is InChI=1S/C18H26F3N5/c1-2-3-4-5-6-7-8-9-14-24-17(22)25-18(23)26(14)13-11-10-12(19)15(20)16(13)21/h10-11,14H,2-9H2,1H3,(H4,22,23,24,25). The molecule has 8 heteroatoms. The molecule has 0 saturated carbocycles. The molecule has 26 heavy (non-hydrogen) atoms. The Morgan fingerprint density at radius 3 is 2.31 bits per heavy atom. The number of nitrogens with zero attached hydrogens (tertiary/aromatic N) is 3. The molecule has 144 valence electrons. The van der Waals surface area contributed by atoms with Crippen LogP contribution in [0.3, 0.4) is 0 Å². The van der Waals surface area contributed by atoms with Gasteiger partial charge in [0.25, 0.3) is 0 Å². The normalized spacial score (nSPS) is 17.2. The first-order valence-corrected chi connectivity index (χ1v) is 9.05. The van der Waals surface area contributed by atoms with E-state index >= 15 is 0 Å². The van der Waals surface area contributed by atoms with Crippen LogP contribution in [-0.4, -0.2) is 18.1 Å². The van der Waals surface area contributed by atoms with Crippen LogP contribution in [0, 0.1) is 17.5 Å². The molecule has 5 nitrogen and oxygen atoms in total. The number of hydrogen-bond donors (Lipinski definition) is 2. The third-order valence-corrected chi connectivity index (χ3v) is 4.40. The molecule has 1 aromatic carbocycles. The molecule has 2 rings (SSSR count). The summed E-state index contributed by atoms with van der Waals surface area (Å²) in [4.78, 5) is 9.30. The predicted molar refractivity (Wildman–Crippen MR) is 98.4 cm³/mol. The zero-order chi connectivity index (χ0) is 19.1. The van der Waals surface area contributed by atoms with Crippen LogP contribution in [0.25, 0.3) is 0 Å². The second kappa shape index (κ2) is 9.45. The van der Waals surface area contributed by atoms with E-state index in [-0.39, 0.29) is 17.6 Å². The van der Waals surface area contributed by atoms with E-state index in [9.17, 15) is 13.2 Å². The van der Waals surface area contributed by atoms with Crippen molar-refractivity contribution in [3.05, 3.63) is 29.6 Å². The lowest BCUT2D eigenvalue weighted by Gasteiger charge is -2.32. The van der Waals surface area contributed by atoms with Gasteiger partial charge in [-0.15, -0.1) is 0 Å². The highest BCUT2D eigenvalue weighted by atomic mass is 19.2. The molecule has 0 saturated heterocycles. The van der Waals surface area contributed by atoms with Crippen molar-refractivity contribution in [3.8, 4) is 0 Å². The molecule has 1 unspecified atom stereocenters. The first-order valence-electron chi connectivity index (χ1n) is 9.05. The lowest BCUT2D eigenvalue weighted by molar-refractivity contribution is 0.444. The number of hydrogen-bond acceptors (Lipinski definition) is 5. The molecule has 0 aliphatic carbocycles. The van der Waals surface area contributed by atoms with Gasteiger partial charge in [0.05, 0.1) is 5.69 Å². The lowest BCUT2D eigenvalue weighted by atomic mass is 10.1. The van der Waals surface area contributed by atoms with Gasteiger partial charge in [0.2, 0.25) is 11.9 Å². The van der Waals surface area contributed by atoms with Gasteiger partial charge in [0.1, 0.15) is 6.17 Å². The molecule has 1 aromatic rings. The third-order valence-electron chi connectivity index (χ3n) is 4.40. The molecule has 0 spiro atoms. The van der Waals surface area contributed by atoms with Gasteiger partial charge in [-0.05, 0) is 25.0 Å². The van der Waals surface area contributed by atoms with Crippen LogP contribution in [0.4, 0.5) is 18.9 Å². The number of nitrogens with two attached hydrogens (primary N) is 2. The third kappa shape index (κ3) is 4.89. The molecule has 0 bridgehead atoms. The largest absolute Gasteiger partial charge is 0.369 e. The average molecular weight is 369 g/mol. The SMILES string of the molecule is CCCCCCCCCC1N=C(N)N=C(N)N1c1ccc(F)c(F)c1F. The van der Waals surface area contributed by atoms with E-state index in [0.29, 0.717) is 6.42 Å². The summed E-state index contributed by atoms with van der Waals surface area (Å²) < 4.78 is 41.0. The minimum Gasteiger partial charge on any atom is -0.369 e. The Balaban J connectivity index is 2.06. The highest BCUT2D eigenvalue weighted by Gasteiger charge is 2.29. The molecule has 1 aliphatic rings. The first kappa shape index (κ1) is 20.1. The van der Waals surface area contributed by atoms with Crippen molar-refractivity contribution in [1.82, 2.24) is 0 Å². The second-order valence-electron chi connectivity index (χ2n) is 6.41. The van der Waals surface area contributed by atoms with Crippen LogP contribution in [0.2, 0.25) is 0 Å². The Bertz CT molecular complexity index is 675. The molecule has 1 atom stereocenters. The Labute approximate surface area is 152 Å². The molecular weight excluding hydrogens is 343 g/mol. The summed E-state index contributed by atoms with van der Waals surface area (Å²) in [5, 5.41) is 0. The highest BCUT2D eigenvalue weighted by Crippen LogP contribution is 2.28. The first-order chi connectivity index (χ1) is 12.5. The van der Waals surface area contributed by atoms with Gasteiger partial charge < -0.3 is 11.5 Å². The molecule has 1 heterocycles. The number of guanidine groups is 2. The maximum atomic E-state index is 14.2. The van der Waals surface area contributed by atoms with Gasteiger partial charge >= 0.3 is 0 Å². The van der Waals surface area contributed by atoms with Crippen molar-refractivity contribution in [2.24, 2.45) is 21.5 Å². The summed E-state index contributed by atoms with van der Waals surface area (Å²) in [6, 6.07) is 1.98. The van der Waals surface area contributed by atoms with E-state index in [0.717, 1.165) is 31.4 Å². The number of rotatable bonds is 9. The van der Waals surface area contributed by atoms with Crippen molar-refractivity contribution in [1.29, 1.82) is 0 Å². The zero-order valence-electron chi connectivity index (χ0n) is 15.0. The fourth-order valence-electron chi connectivity index (χ4n) is 3.03.